The number of amides is 1. The second kappa shape index (κ2) is 8.97. The van der Waals surface area contributed by atoms with E-state index < -0.39 is 24.1 Å². The Kier molecular flexibility index (Phi) is 6.19. The molecule has 0 saturated carbocycles. The number of carbonyl (C=O) groups is 2. The highest BCUT2D eigenvalue weighted by Gasteiger charge is 2.41. The van der Waals surface area contributed by atoms with E-state index in [4.69, 9.17) is 4.74 Å². The maximum Gasteiger partial charge on any atom is 0.348 e. The Morgan fingerprint density at radius 2 is 1.25 bits per heavy atom. The van der Waals surface area contributed by atoms with Crippen LogP contribution in [0.2, 0.25) is 0 Å². The number of esters is 1. The summed E-state index contributed by atoms with van der Waals surface area (Å²) in [6.45, 7) is -0.146. The molecule has 0 aromatic heterocycles. The third-order valence-corrected chi connectivity index (χ3v) is 4.35. The molecule has 5 nitrogen and oxygen atoms in total. The molecule has 2 N–H and O–H groups in total. The number of rotatable bonds is 7. The number of aliphatic hydroxyl groups is 1. The predicted octanol–water partition coefficient (Wildman–Crippen LogP) is 2.78. The maximum absolute atomic E-state index is 12.8. The van der Waals surface area contributed by atoms with Gasteiger partial charge in [-0.05, 0) is 16.7 Å². The van der Waals surface area contributed by atoms with Crippen LogP contribution in [-0.4, -0.2) is 23.6 Å². The largest absolute Gasteiger partial charge is 0.453 e. The van der Waals surface area contributed by atoms with Gasteiger partial charge in [-0.15, -0.1) is 0 Å². The van der Waals surface area contributed by atoms with Gasteiger partial charge in [-0.25, -0.2) is 4.79 Å². The standard InChI is InChI=1S/C23H21NO4/c25-21(24-16-18-10-4-1-5-11-18)17-28-22(26)23(27,19-12-6-2-7-13-19)20-14-8-3-9-15-20/h1-15,27H,16-17H2,(H,24,25). The summed E-state index contributed by atoms with van der Waals surface area (Å²) in [5.74, 6) is -1.35. The Morgan fingerprint density at radius 1 is 0.786 bits per heavy atom. The van der Waals surface area contributed by atoms with Crippen LogP contribution in [0.5, 0.6) is 0 Å². The average Bonchev–Trinajstić information content (AvgIpc) is 2.77. The highest BCUT2D eigenvalue weighted by molar-refractivity contribution is 5.88. The molecule has 3 aromatic rings. The zero-order chi connectivity index (χ0) is 19.8. The first-order valence-electron chi connectivity index (χ1n) is 8.92. The fourth-order valence-corrected chi connectivity index (χ4v) is 2.84. The second-order valence-corrected chi connectivity index (χ2v) is 6.28. The normalized spacial score (nSPS) is 10.9. The summed E-state index contributed by atoms with van der Waals surface area (Å²) >= 11 is 0. The molecule has 0 aliphatic rings. The van der Waals surface area contributed by atoms with Gasteiger partial charge in [0.1, 0.15) is 0 Å². The van der Waals surface area contributed by atoms with Gasteiger partial charge in [-0.2, -0.15) is 0 Å². The summed E-state index contributed by atoms with van der Waals surface area (Å²) in [5, 5.41) is 13.9. The van der Waals surface area contributed by atoms with Gasteiger partial charge >= 0.3 is 5.97 Å². The molecule has 0 heterocycles. The Balaban J connectivity index is 1.69. The third kappa shape index (κ3) is 4.45. The van der Waals surface area contributed by atoms with Crippen LogP contribution in [0.1, 0.15) is 16.7 Å². The van der Waals surface area contributed by atoms with Gasteiger partial charge in [0.05, 0.1) is 0 Å². The quantitative estimate of drug-likeness (QED) is 0.623. The summed E-state index contributed by atoms with van der Waals surface area (Å²) in [6, 6.07) is 26.5. The molecule has 3 rings (SSSR count). The highest BCUT2D eigenvalue weighted by Crippen LogP contribution is 2.30. The van der Waals surface area contributed by atoms with E-state index in [1.165, 1.54) is 0 Å². The van der Waals surface area contributed by atoms with Gasteiger partial charge in [0.15, 0.2) is 6.61 Å². The summed E-state index contributed by atoms with van der Waals surface area (Å²) in [5.41, 5.74) is -0.318. The number of hydrogen-bond donors (Lipinski definition) is 2. The van der Waals surface area contributed by atoms with E-state index in [0.29, 0.717) is 17.7 Å². The average molecular weight is 375 g/mol. The molecule has 0 aliphatic heterocycles. The molecule has 1 amide bonds. The van der Waals surface area contributed by atoms with E-state index in [9.17, 15) is 14.7 Å². The Hall–Kier alpha value is -3.44. The minimum Gasteiger partial charge on any atom is -0.453 e. The van der Waals surface area contributed by atoms with Crippen LogP contribution in [0, 0.1) is 0 Å². The molecule has 142 valence electrons. The molecular formula is C23H21NO4. The van der Waals surface area contributed by atoms with E-state index in [0.717, 1.165) is 5.56 Å². The Morgan fingerprint density at radius 3 is 1.75 bits per heavy atom. The van der Waals surface area contributed by atoms with E-state index >= 15 is 0 Å². The molecule has 0 bridgehead atoms. The summed E-state index contributed by atoms with van der Waals surface area (Å²) < 4.78 is 5.17. The van der Waals surface area contributed by atoms with Gasteiger partial charge in [-0.3, -0.25) is 4.79 Å². The summed E-state index contributed by atoms with van der Waals surface area (Å²) in [7, 11) is 0. The van der Waals surface area contributed by atoms with E-state index in [2.05, 4.69) is 5.32 Å². The molecule has 3 aromatic carbocycles. The number of ether oxygens (including phenoxy) is 1. The lowest BCUT2D eigenvalue weighted by molar-refractivity contribution is -0.164. The van der Waals surface area contributed by atoms with Crippen LogP contribution < -0.4 is 5.32 Å². The minimum absolute atomic E-state index is 0.332. The van der Waals surface area contributed by atoms with Crippen molar-refractivity contribution in [2.75, 3.05) is 6.61 Å². The predicted molar refractivity (Wildman–Crippen MR) is 105 cm³/mol. The van der Waals surface area contributed by atoms with Crippen LogP contribution in [-0.2, 0) is 26.5 Å². The van der Waals surface area contributed by atoms with Crippen molar-refractivity contribution in [3.8, 4) is 0 Å². The molecule has 0 saturated heterocycles. The van der Waals surface area contributed by atoms with Gasteiger partial charge < -0.3 is 15.2 Å². The van der Waals surface area contributed by atoms with Crippen LogP contribution in [0.4, 0.5) is 0 Å². The molecule has 0 unspecified atom stereocenters. The lowest BCUT2D eigenvalue weighted by atomic mass is 9.86. The van der Waals surface area contributed by atoms with E-state index in [1.54, 1.807) is 60.7 Å². The third-order valence-electron chi connectivity index (χ3n) is 4.35. The van der Waals surface area contributed by atoms with Crippen molar-refractivity contribution < 1.29 is 19.4 Å². The number of carbonyl (C=O) groups excluding carboxylic acids is 2. The Labute approximate surface area is 163 Å². The van der Waals surface area contributed by atoms with Crippen molar-refractivity contribution in [3.63, 3.8) is 0 Å². The zero-order valence-electron chi connectivity index (χ0n) is 15.2. The molecule has 0 radical (unpaired) electrons. The van der Waals surface area contributed by atoms with Crippen LogP contribution in [0.3, 0.4) is 0 Å². The van der Waals surface area contributed by atoms with Crippen molar-refractivity contribution in [3.05, 3.63) is 108 Å². The smallest absolute Gasteiger partial charge is 0.348 e. The number of hydrogen-bond acceptors (Lipinski definition) is 4. The van der Waals surface area contributed by atoms with Gasteiger partial charge in [0.25, 0.3) is 5.91 Å². The second-order valence-electron chi connectivity index (χ2n) is 6.28. The minimum atomic E-state index is -2.00. The number of benzene rings is 3. The Bertz CT molecular complexity index is 872. The zero-order valence-corrected chi connectivity index (χ0v) is 15.2. The molecule has 0 fully saturated rings. The van der Waals surface area contributed by atoms with Crippen LogP contribution >= 0.6 is 0 Å². The lowest BCUT2D eigenvalue weighted by Crippen LogP contribution is -2.40. The van der Waals surface area contributed by atoms with Gasteiger partial charge in [-0.1, -0.05) is 91.0 Å². The van der Waals surface area contributed by atoms with Crippen molar-refractivity contribution >= 4 is 11.9 Å². The van der Waals surface area contributed by atoms with Crippen molar-refractivity contribution in [2.45, 2.75) is 12.1 Å². The fourth-order valence-electron chi connectivity index (χ4n) is 2.84. The molecule has 28 heavy (non-hydrogen) atoms. The van der Waals surface area contributed by atoms with E-state index in [1.807, 2.05) is 30.3 Å². The first-order valence-corrected chi connectivity index (χ1v) is 8.92. The molecular weight excluding hydrogens is 354 g/mol. The molecule has 0 aliphatic carbocycles. The van der Waals surface area contributed by atoms with Gasteiger partial charge in [0.2, 0.25) is 5.60 Å². The first kappa shape index (κ1) is 19.3. The van der Waals surface area contributed by atoms with Crippen LogP contribution in [0.15, 0.2) is 91.0 Å². The monoisotopic (exact) mass is 375 g/mol. The summed E-state index contributed by atoms with van der Waals surface area (Å²) in [4.78, 5) is 24.8. The van der Waals surface area contributed by atoms with Gasteiger partial charge in [0, 0.05) is 6.54 Å². The molecule has 0 atom stereocenters. The summed E-state index contributed by atoms with van der Waals surface area (Å²) in [6.07, 6.45) is 0. The van der Waals surface area contributed by atoms with E-state index in [-0.39, 0.29) is 0 Å². The van der Waals surface area contributed by atoms with Crippen molar-refractivity contribution in [2.24, 2.45) is 0 Å². The maximum atomic E-state index is 12.8. The SMILES string of the molecule is O=C(COC(=O)C(O)(c1ccccc1)c1ccccc1)NCc1ccccc1. The first-order chi connectivity index (χ1) is 13.6. The lowest BCUT2D eigenvalue weighted by Gasteiger charge is -2.26. The fraction of sp³-hybridized carbons (Fsp3) is 0.130. The highest BCUT2D eigenvalue weighted by atomic mass is 16.6. The van der Waals surface area contributed by atoms with Crippen molar-refractivity contribution in [1.82, 2.24) is 5.32 Å². The van der Waals surface area contributed by atoms with Crippen molar-refractivity contribution in [1.29, 1.82) is 0 Å². The number of nitrogens with one attached hydrogen (secondary N) is 1. The van der Waals surface area contributed by atoms with Crippen LogP contribution in [0.25, 0.3) is 0 Å². The molecule has 5 heteroatoms. The molecule has 0 spiro atoms. The topological polar surface area (TPSA) is 75.6 Å².